The van der Waals surface area contributed by atoms with Crippen LogP contribution in [-0.4, -0.2) is 11.6 Å². The van der Waals surface area contributed by atoms with Crippen LogP contribution in [0.4, 0.5) is 0 Å². The Hall–Kier alpha value is -1.51. The number of hydrogen-bond acceptors (Lipinski definition) is 2. The molecule has 128 valence electrons. The molecule has 0 unspecified atom stereocenters. The van der Waals surface area contributed by atoms with Crippen LogP contribution in [0, 0.1) is 0 Å². The van der Waals surface area contributed by atoms with Crippen LogP contribution < -0.4 is 0 Å². The lowest BCUT2D eigenvalue weighted by Crippen LogP contribution is -2.24. The summed E-state index contributed by atoms with van der Waals surface area (Å²) in [5, 5.41) is 1.05. The van der Waals surface area contributed by atoms with Gasteiger partial charge in [0.15, 0.2) is 0 Å². The summed E-state index contributed by atoms with van der Waals surface area (Å²) in [6, 6.07) is 15.7. The number of benzene rings is 2. The van der Waals surface area contributed by atoms with Crippen molar-refractivity contribution in [2.45, 2.75) is 45.1 Å². The molecule has 0 aliphatic heterocycles. The quantitative estimate of drug-likeness (QED) is 0.586. The molecule has 0 bridgehead atoms. The van der Waals surface area contributed by atoms with Gasteiger partial charge in [0.25, 0.3) is 0 Å². The second-order valence-electron chi connectivity index (χ2n) is 6.76. The monoisotopic (exact) mass is 364 g/mol. The minimum absolute atomic E-state index is 0.0634. The standard InChI is InChI=1S/C20H22Cl2O2/c1-20(2,3)24-19(23)12-10-16(14-7-5-4-6-8-14)15-9-11-17(21)18(22)13-15/h4-9,11,13,16H,10,12H2,1-3H3/t16-/m1/s1. The number of hydrogen-bond donors (Lipinski definition) is 0. The Morgan fingerprint density at radius 1 is 1.00 bits per heavy atom. The lowest BCUT2D eigenvalue weighted by atomic mass is 9.87. The Morgan fingerprint density at radius 2 is 1.67 bits per heavy atom. The summed E-state index contributed by atoms with van der Waals surface area (Å²) in [5.41, 5.74) is 1.71. The van der Waals surface area contributed by atoms with Crippen LogP contribution in [-0.2, 0) is 9.53 Å². The topological polar surface area (TPSA) is 26.3 Å². The molecule has 4 heteroatoms. The zero-order valence-electron chi connectivity index (χ0n) is 14.2. The Bertz CT molecular complexity index is 691. The van der Waals surface area contributed by atoms with E-state index in [0.717, 1.165) is 11.1 Å². The van der Waals surface area contributed by atoms with Crippen LogP contribution >= 0.6 is 23.2 Å². The molecule has 0 aliphatic rings. The van der Waals surface area contributed by atoms with Crippen molar-refractivity contribution in [2.24, 2.45) is 0 Å². The fourth-order valence-corrected chi connectivity index (χ4v) is 2.90. The summed E-state index contributed by atoms with van der Waals surface area (Å²) in [5.74, 6) is -0.128. The van der Waals surface area contributed by atoms with Crippen molar-refractivity contribution >= 4 is 29.2 Å². The smallest absolute Gasteiger partial charge is 0.306 e. The SMILES string of the molecule is CC(C)(C)OC(=O)CC[C@H](c1ccccc1)c1ccc(Cl)c(Cl)c1. The van der Waals surface area contributed by atoms with Gasteiger partial charge in [-0.15, -0.1) is 0 Å². The van der Waals surface area contributed by atoms with E-state index in [0.29, 0.717) is 22.9 Å². The van der Waals surface area contributed by atoms with E-state index in [-0.39, 0.29) is 11.9 Å². The molecule has 2 aromatic rings. The third kappa shape index (κ3) is 5.54. The molecule has 0 heterocycles. The molecular formula is C20H22Cl2O2. The Balaban J connectivity index is 2.21. The predicted molar refractivity (Wildman–Crippen MR) is 99.8 cm³/mol. The highest BCUT2D eigenvalue weighted by molar-refractivity contribution is 6.42. The molecule has 24 heavy (non-hydrogen) atoms. The van der Waals surface area contributed by atoms with Crippen molar-refractivity contribution in [3.05, 3.63) is 69.7 Å². The molecule has 0 radical (unpaired) electrons. The van der Waals surface area contributed by atoms with E-state index in [1.54, 1.807) is 6.07 Å². The highest BCUT2D eigenvalue weighted by Gasteiger charge is 2.20. The van der Waals surface area contributed by atoms with E-state index >= 15 is 0 Å². The second kappa shape index (κ2) is 8.04. The largest absolute Gasteiger partial charge is 0.460 e. The zero-order valence-corrected chi connectivity index (χ0v) is 15.7. The van der Waals surface area contributed by atoms with Crippen LogP contribution in [0.15, 0.2) is 48.5 Å². The van der Waals surface area contributed by atoms with Crippen LogP contribution in [0.1, 0.15) is 50.7 Å². The van der Waals surface area contributed by atoms with Crippen molar-refractivity contribution in [3.8, 4) is 0 Å². The first-order chi connectivity index (χ1) is 11.3. The molecule has 2 rings (SSSR count). The number of halogens is 2. The van der Waals surface area contributed by atoms with E-state index in [9.17, 15) is 4.79 Å². The predicted octanol–water partition coefficient (Wildman–Crippen LogP) is 6.25. The molecule has 0 spiro atoms. The summed E-state index contributed by atoms with van der Waals surface area (Å²) >= 11 is 12.2. The van der Waals surface area contributed by atoms with Crippen LogP contribution in [0.25, 0.3) is 0 Å². The van der Waals surface area contributed by atoms with Crippen LogP contribution in [0.2, 0.25) is 10.0 Å². The highest BCUT2D eigenvalue weighted by Crippen LogP contribution is 2.33. The normalized spacial score (nSPS) is 12.7. The fraction of sp³-hybridized carbons (Fsp3) is 0.350. The number of ether oxygens (including phenoxy) is 1. The lowest BCUT2D eigenvalue weighted by Gasteiger charge is -2.22. The molecule has 2 aromatic carbocycles. The first-order valence-corrected chi connectivity index (χ1v) is 8.73. The van der Waals surface area contributed by atoms with Gasteiger partial charge in [-0.1, -0.05) is 59.6 Å². The van der Waals surface area contributed by atoms with Crippen molar-refractivity contribution in [1.82, 2.24) is 0 Å². The van der Waals surface area contributed by atoms with Gasteiger partial charge >= 0.3 is 5.97 Å². The van der Waals surface area contributed by atoms with Gasteiger partial charge in [0, 0.05) is 12.3 Å². The van der Waals surface area contributed by atoms with Gasteiger partial charge < -0.3 is 4.74 Å². The van der Waals surface area contributed by atoms with E-state index in [2.05, 4.69) is 12.1 Å². The Kier molecular flexibility index (Phi) is 6.31. The van der Waals surface area contributed by atoms with E-state index < -0.39 is 5.60 Å². The molecule has 0 saturated heterocycles. The van der Waals surface area contributed by atoms with Gasteiger partial charge in [-0.2, -0.15) is 0 Å². The van der Waals surface area contributed by atoms with Crippen molar-refractivity contribution in [1.29, 1.82) is 0 Å². The molecular weight excluding hydrogens is 343 g/mol. The van der Waals surface area contributed by atoms with Crippen LogP contribution in [0.3, 0.4) is 0 Å². The molecule has 0 fully saturated rings. The molecule has 2 nitrogen and oxygen atoms in total. The molecule has 0 N–H and O–H groups in total. The molecule has 0 saturated carbocycles. The average molecular weight is 365 g/mol. The van der Waals surface area contributed by atoms with Crippen molar-refractivity contribution in [2.75, 3.05) is 0 Å². The van der Waals surface area contributed by atoms with Gasteiger partial charge in [0.05, 0.1) is 10.0 Å². The average Bonchev–Trinajstić information content (AvgIpc) is 2.50. The van der Waals surface area contributed by atoms with Gasteiger partial charge in [0.1, 0.15) is 5.60 Å². The van der Waals surface area contributed by atoms with Gasteiger partial charge in [-0.05, 0) is 50.5 Å². The van der Waals surface area contributed by atoms with Crippen molar-refractivity contribution in [3.63, 3.8) is 0 Å². The molecule has 0 aromatic heterocycles. The summed E-state index contributed by atoms with van der Waals surface area (Å²) < 4.78 is 5.42. The number of esters is 1. The Morgan fingerprint density at radius 3 is 2.25 bits per heavy atom. The minimum atomic E-state index is -0.469. The van der Waals surface area contributed by atoms with Crippen molar-refractivity contribution < 1.29 is 9.53 Å². The number of carbonyl (C=O) groups is 1. The second-order valence-corrected chi connectivity index (χ2v) is 7.58. The summed E-state index contributed by atoms with van der Waals surface area (Å²) in [6.45, 7) is 5.62. The first kappa shape index (κ1) is 18.8. The van der Waals surface area contributed by atoms with E-state index in [1.165, 1.54) is 0 Å². The maximum atomic E-state index is 12.1. The third-order valence-electron chi connectivity index (χ3n) is 3.61. The fourth-order valence-electron chi connectivity index (χ4n) is 2.59. The molecule has 0 aliphatic carbocycles. The van der Waals surface area contributed by atoms with Gasteiger partial charge in [-0.3, -0.25) is 4.79 Å². The number of carbonyl (C=O) groups excluding carboxylic acids is 1. The zero-order chi connectivity index (χ0) is 17.7. The summed E-state index contributed by atoms with van der Waals surface area (Å²) in [7, 11) is 0. The molecule has 1 atom stereocenters. The van der Waals surface area contributed by atoms with Crippen LogP contribution in [0.5, 0.6) is 0 Å². The molecule has 0 amide bonds. The third-order valence-corrected chi connectivity index (χ3v) is 4.34. The minimum Gasteiger partial charge on any atom is -0.460 e. The summed E-state index contributed by atoms with van der Waals surface area (Å²) in [6.07, 6.45) is 0.994. The van der Waals surface area contributed by atoms with E-state index in [1.807, 2.05) is 51.1 Å². The lowest BCUT2D eigenvalue weighted by molar-refractivity contribution is -0.154. The highest BCUT2D eigenvalue weighted by atomic mass is 35.5. The number of rotatable bonds is 5. The Labute approximate surface area is 153 Å². The summed E-state index contributed by atoms with van der Waals surface area (Å²) in [4.78, 5) is 12.1. The maximum absolute atomic E-state index is 12.1. The van der Waals surface area contributed by atoms with E-state index in [4.69, 9.17) is 27.9 Å². The van der Waals surface area contributed by atoms with Gasteiger partial charge in [-0.25, -0.2) is 0 Å². The first-order valence-electron chi connectivity index (χ1n) is 7.98. The maximum Gasteiger partial charge on any atom is 0.306 e. The van der Waals surface area contributed by atoms with Gasteiger partial charge in [0.2, 0.25) is 0 Å².